The molecule has 0 saturated heterocycles. The molecule has 2 heterocycles. The van der Waals surface area contributed by atoms with Gasteiger partial charge in [-0.1, -0.05) is 11.6 Å². The lowest BCUT2D eigenvalue weighted by molar-refractivity contribution is 0.318. The highest BCUT2D eigenvalue weighted by atomic mass is 79.9. The first kappa shape index (κ1) is 14.4. The van der Waals surface area contributed by atoms with Crippen molar-refractivity contribution in [2.75, 3.05) is 11.3 Å². The number of ether oxygens (including phenoxy) is 1. The van der Waals surface area contributed by atoms with Crippen molar-refractivity contribution in [1.29, 1.82) is 0 Å². The van der Waals surface area contributed by atoms with Crippen molar-refractivity contribution >= 4 is 45.2 Å². The van der Waals surface area contributed by atoms with E-state index in [1.54, 1.807) is 12.4 Å². The van der Waals surface area contributed by atoms with Gasteiger partial charge in [0.2, 0.25) is 5.88 Å². The molecule has 7 heteroatoms. The Labute approximate surface area is 129 Å². The van der Waals surface area contributed by atoms with Crippen molar-refractivity contribution in [3.63, 3.8) is 0 Å². The van der Waals surface area contributed by atoms with Gasteiger partial charge in [-0.2, -0.15) is 0 Å². The standard InChI is InChI=1S/C12H11BrClN3OS/c1-2-18-12-10(5-8(14)7-16-12)19-17-9-3-4-15-11(13)6-9/h3-7H,2H2,1H3,(H,15,17). The summed E-state index contributed by atoms with van der Waals surface area (Å²) >= 11 is 10.7. The summed E-state index contributed by atoms with van der Waals surface area (Å²) in [4.78, 5) is 9.06. The van der Waals surface area contributed by atoms with Gasteiger partial charge in [-0.3, -0.25) is 0 Å². The summed E-state index contributed by atoms with van der Waals surface area (Å²) in [6.07, 6.45) is 3.28. The molecule has 2 aromatic rings. The average molecular weight is 361 g/mol. The van der Waals surface area contributed by atoms with Crippen LogP contribution in [0.3, 0.4) is 0 Å². The first-order chi connectivity index (χ1) is 9.19. The third-order valence-electron chi connectivity index (χ3n) is 2.07. The maximum atomic E-state index is 5.95. The molecule has 2 rings (SSSR count). The number of aromatic nitrogens is 2. The summed E-state index contributed by atoms with van der Waals surface area (Å²) in [7, 11) is 0. The van der Waals surface area contributed by atoms with Gasteiger partial charge in [0.05, 0.1) is 16.5 Å². The van der Waals surface area contributed by atoms with Crippen molar-refractivity contribution in [3.05, 3.63) is 40.2 Å². The molecule has 0 aliphatic heterocycles. The molecule has 0 radical (unpaired) electrons. The van der Waals surface area contributed by atoms with Crippen LogP contribution in [0.1, 0.15) is 6.92 Å². The molecule has 0 spiro atoms. The summed E-state index contributed by atoms with van der Waals surface area (Å²) in [6, 6.07) is 5.56. The van der Waals surface area contributed by atoms with Gasteiger partial charge in [0, 0.05) is 18.1 Å². The largest absolute Gasteiger partial charge is 0.477 e. The lowest BCUT2D eigenvalue weighted by atomic mass is 10.4. The average Bonchev–Trinajstić information content (AvgIpc) is 2.39. The van der Waals surface area contributed by atoms with E-state index < -0.39 is 0 Å². The number of halogens is 2. The van der Waals surface area contributed by atoms with E-state index in [-0.39, 0.29) is 0 Å². The molecule has 0 bridgehead atoms. The van der Waals surface area contributed by atoms with E-state index in [1.165, 1.54) is 11.9 Å². The van der Waals surface area contributed by atoms with Crippen LogP contribution in [0.25, 0.3) is 0 Å². The molecule has 0 aliphatic carbocycles. The van der Waals surface area contributed by atoms with E-state index >= 15 is 0 Å². The Kier molecular flexibility index (Phi) is 5.30. The van der Waals surface area contributed by atoms with Gasteiger partial charge in [-0.15, -0.1) is 0 Å². The molecule has 0 saturated carbocycles. The fourth-order valence-corrected chi connectivity index (χ4v) is 2.63. The fraction of sp³-hybridized carbons (Fsp3) is 0.167. The third kappa shape index (κ3) is 4.26. The molecule has 0 atom stereocenters. The molecule has 2 aromatic heterocycles. The van der Waals surface area contributed by atoms with Crippen LogP contribution in [0.5, 0.6) is 5.88 Å². The monoisotopic (exact) mass is 359 g/mol. The zero-order valence-electron chi connectivity index (χ0n) is 10.1. The number of hydrogen-bond donors (Lipinski definition) is 1. The molecule has 100 valence electrons. The summed E-state index contributed by atoms with van der Waals surface area (Å²) in [5.41, 5.74) is 0.925. The predicted molar refractivity (Wildman–Crippen MR) is 81.8 cm³/mol. The van der Waals surface area contributed by atoms with Gasteiger partial charge in [0.25, 0.3) is 0 Å². The molecule has 0 amide bonds. The fourth-order valence-electron chi connectivity index (χ4n) is 1.31. The number of nitrogens with one attached hydrogen (secondary N) is 1. The molecule has 0 fully saturated rings. The van der Waals surface area contributed by atoms with Crippen molar-refractivity contribution in [1.82, 2.24) is 9.97 Å². The second kappa shape index (κ2) is 6.98. The highest BCUT2D eigenvalue weighted by molar-refractivity contribution is 9.10. The number of pyridine rings is 2. The number of anilines is 1. The number of nitrogens with zero attached hydrogens (tertiary/aromatic N) is 2. The summed E-state index contributed by atoms with van der Waals surface area (Å²) in [6.45, 7) is 2.47. The predicted octanol–water partition coefficient (Wildman–Crippen LogP) is 4.41. The Bertz CT molecular complexity index is 570. The Morgan fingerprint density at radius 3 is 3.00 bits per heavy atom. The molecule has 0 aromatic carbocycles. The van der Waals surface area contributed by atoms with Crippen LogP contribution in [0, 0.1) is 0 Å². The highest BCUT2D eigenvalue weighted by Crippen LogP contribution is 2.30. The minimum Gasteiger partial charge on any atom is -0.477 e. The molecule has 4 nitrogen and oxygen atoms in total. The Balaban J connectivity index is 2.12. The van der Waals surface area contributed by atoms with Gasteiger partial charge in [0.15, 0.2) is 0 Å². The summed E-state index contributed by atoms with van der Waals surface area (Å²) in [5, 5.41) is 0.573. The SMILES string of the molecule is CCOc1ncc(Cl)cc1SNc1ccnc(Br)c1. The van der Waals surface area contributed by atoms with E-state index in [4.69, 9.17) is 16.3 Å². The lowest BCUT2D eigenvalue weighted by Crippen LogP contribution is -1.97. The van der Waals surface area contributed by atoms with Gasteiger partial charge >= 0.3 is 0 Å². The second-order valence-corrected chi connectivity index (χ2v) is 5.56. The smallest absolute Gasteiger partial charge is 0.229 e. The normalized spacial score (nSPS) is 10.3. The first-order valence-electron chi connectivity index (χ1n) is 5.52. The molecular formula is C12H11BrClN3OS. The Morgan fingerprint density at radius 1 is 1.42 bits per heavy atom. The van der Waals surface area contributed by atoms with E-state index in [9.17, 15) is 0 Å². The van der Waals surface area contributed by atoms with Crippen LogP contribution in [0.15, 0.2) is 40.1 Å². The van der Waals surface area contributed by atoms with E-state index in [1.807, 2.05) is 25.1 Å². The lowest BCUT2D eigenvalue weighted by Gasteiger charge is -2.10. The maximum absolute atomic E-state index is 5.95. The van der Waals surface area contributed by atoms with Crippen LogP contribution in [-0.4, -0.2) is 16.6 Å². The first-order valence-corrected chi connectivity index (χ1v) is 7.50. The van der Waals surface area contributed by atoms with E-state index in [2.05, 4.69) is 30.6 Å². The van der Waals surface area contributed by atoms with Crippen molar-refractivity contribution in [2.24, 2.45) is 0 Å². The molecule has 19 heavy (non-hydrogen) atoms. The zero-order chi connectivity index (χ0) is 13.7. The van der Waals surface area contributed by atoms with Gasteiger partial charge in [-0.25, -0.2) is 9.97 Å². The summed E-state index contributed by atoms with van der Waals surface area (Å²) in [5.74, 6) is 0.567. The quantitative estimate of drug-likeness (QED) is 0.632. The van der Waals surface area contributed by atoms with Gasteiger partial charge < -0.3 is 9.46 Å². The highest BCUT2D eigenvalue weighted by Gasteiger charge is 2.07. The molecule has 0 unspecified atom stereocenters. The number of rotatable bonds is 5. The van der Waals surface area contributed by atoms with Crippen LogP contribution >= 0.6 is 39.5 Å². The van der Waals surface area contributed by atoms with Gasteiger partial charge in [-0.05, 0) is 53.0 Å². The Hall–Kier alpha value is -0.980. The van der Waals surface area contributed by atoms with Crippen molar-refractivity contribution < 1.29 is 4.74 Å². The van der Waals surface area contributed by atoms with E-state index in [0.717, 1.165) is 15.2 Å². The molecule has 0 aliphatic rings. The van der Waals surface area contributed by atoms with Crippen LogP contribution in [0.4, 0.5) is 5.69 Å². The minimum absolute atomic E-state index is 0.559. The second-order valence-electron chi connectivity index (χ2n) is 3.46. The topological polar surface area (TPSA) is 47.0 Å². The minimum atomic E-state index is 0.559. The van der Waals surface area contributed by atoms with Crippen LogP contribution in [0.2, 0.25) is 5.02 Å². The van der Waals surface area contributed by atoms with Crippen LogP contribution < -0.4 is 9.46 Å². The maximum Gasteiger partial charge on any atom is 0.229 e. The van der Waals surface area contributed by atoms with Crippen molar-refractivity contribution in [3.8, 4) is 5.88 Å². The van der Waals surface area contributed by atoms with E-state index in [0.29, 0.717) is 17.5 Å². The molecular weight excluding hydrogens is 350 g/mol. The Morgan fingerprint density at radius 2 is 2.26 bits per heavy atom. The summed E-state index contributed by atoms with van der Waals surface area (Å²) < 4.78 is 9.42. The van der Waals surface area contributed by atoms with Crippen LogP contribution in [-0.2, 0) is 0 Å². The molecule has 1 N–H and O–H groups in total. The van der Waals surface area contributed by atoms with Gasteiger partial charge in [0.1, 0.15) is 4.60 Å². The zero-order valence-corrected chi connectivity index (χ0v) is 13.2. The third-order valence-corrected chi connectivity index (χ3v) is 3.56. The van der Waals surface area contributed by atoms with Crippen molar-refractivity contribution in [2.45, 2.75) is 11.8 Å². The number of hydrogen-bond acceptors (Lipinski definition) is 5.